The molecule has 1 aliphatic rings. The van der Waals surface area contributed by atoms with Crippen LogP contribution in [0.2, 0.25) is 0 Å². The van der Waals surface area contributed by atoms with Crippen LogP contribution in [0.15, 0.2) is 24.3 Å². The summed E-state index contributed by atoms with van der Waals surface area (Å²) in [7, 11) is 0. The van der Waals surface area contributed by atoms with Crippen LogP contribution >= 0.6 is 12.2 Å². The molecule has 0 spiro atoms. The Kier molecular flexibility index (Phi) is 4.53. The summed E-state index contributed by atoms with van der Waals surface area (Å²) in [5, 5.41) is 3.65. The third-order valence-electron chi connectivity index (χ3n) is 3.43. The van der Waals surface area contributed by atoms with Gasteiger partial charge < -0.3 is 10.2 Å². The lowest BCUT2D eigenvalue weighted by atomic mass is 10.1. The number of anilines is 1. The van der Waals surface area contributed by atoms with E-state index in [1.807, 2.05) is 0 Å². The quantitative estimate of drug-likeness (QED) is 0.779. The molecule has 1 unspecified atom stereocenters. The molecule has 1 aromatic carbocycles. The summed E-state index contributed by atoms with van der Waals surface area (Å²) < 4.78 is 13.6. The van der Waals surface area contributed by atoms with Gasteiger partial charge >= 0.3 is 0 Å². The van der Waals surface area contributed by atoms with Crippen LogP contribution in [0.5, 0.6) is 0 Å². The molecule has 4 heteroatoms. The molecule has 0 radical (unpaired) electrons. The lowest BCUT2D eigenvalue weighted by Crippen LogP contribution is -2.41. The van der Waals surface area contributed by atoms with Crippen molar-refractivity contribution in [2.24, 2.45) is 0 Å². The second kappa shape index (κ2) is 6.14. The molecule has 1 saturated heterocycles. The predicted molar refractivity (Wildman–Crippen MR) is 77.3 cm³/mol. The SMILES string of the molecule is CC1CCCCCN1C(=S)Nc1ccccc1F. The van der Waals surface area contributed by atoms with Gasteiger partial charge in [-0.2, -0.15) is 0 Å². The summed E-state index contributed by atoms with van der Waals surface area (Å²) in [5.74, 6) is -0.262. The van der Waals surface area contributed by atoms with Crippen molar-refractivity contribution in [1.82, 2.24) is 4.90 Å². The Hall–Kier alpha value is -1.16. The van der Waals surface area contributed by atoms with Crippen LogP contribution in [0.25, 0.3) is 0 Å². The van der Waals surface area contributed by atoms with E-state index < -0.39 is 0 Å². The standard InChI is InChI=1S/C14H19FN2S/c1-11-7-3-2-6-10-17(11)14(18)16-13-9-5-4-8-12(13)15/h4-5,8-9,11H,2-3,6-7,10H2,1H3,(H,16,18). The lowest BCUT2D eigenvalue weighted by molar-refractivity contribution is 0.341. The van der Waals surface area contributed by atoms with Crippen molar-refractivity contribution in [2.75, 3.05) is 11.9 Å². The van der Waals surface area contributed by atoms with Gasteiger partial charge in [0.15, 0.2) is 5.11 Å². The summed E-state index contributed by atoms with van der Waals surface area (Å²) in [6.45, 7) is 3.14. The average molecular weight is 266 g/mol. The molecule has 98 valence electrons. The Balaban J connectivity index is 2.04. The minimum atomic E-state index is -0.262. The first-order chi connectivity index (χ1) is 8.68. The highest BCUT2D eigenvalue weighted by molar-refractivity contribution is 7.80. The van der Waals surface area contributed by atoms with Crippen molar-refractivity contribution in [3.05, 3.63) is 30.1 Å². The molecule has 1 aromatic rings. The monoisotopic (exact) mass is 266 g/mol. The molecule has 1 aliphatic heterocycles. The van der Waals surface area contributed by atoms with E-state index in [4.69, 9.17) is 12.2 Å². The zero-order valence-electron chi connectivity index (χ0n) is 10.7. The molecule has 1 atom stereocenters. The Bertz CT molecular complexity index is 422. The van der Waals surface area contributed by atoms with Crippen molar-refractivity contribution in [3.8, 4) is 0 Å². The third kappa shape index (κ3) is 3.19. The number of nitrogens with zero attached hydrogens (tertiary/aromatic N) is 1. The van der Waals surface area contributed by atoms with Crippen LogP contribution in [0, 0.1) is 5.82 Å². The molecule has 1 N–H and O–H groups in total. The summed E-state index contributed by atoms with van der Waals surface area (Å²) >= 11 is 5.40. The highest BCUT2D eigenvalue weighted by atomic mass is 32.1. The average Bonchev–Trinajstić information content (AvgIpc) is 2.57. The highest BCUT2D eigenvalue weighted by Crippen LogP contribution is 2.19. The van der Waals surface area contributed by atoms with E-state index in [-0.39, 0.29) is 5.82 Å². The van der Waals surface area contributed by atoms with Gasteiger partial charge in [0.05, 0.1) is 5.69 Å². The lowest BCUT2D eigenvalue weighted by Gasteiger charge is -2.30. The van der Waals surface area contributed by atoms with E-state index in [0.717, 1.165) is 19.4 Å². The van der Waals surface area contributed by atoms with Crippen molar-refractivity contribution < 1.29 is 4.39 Å². The molecule has 0 amide bonds. The fourth-order valence-electron chi connectivity index (χ4n) is 2.33. The first-order valence-corrected chi connectivity index (χ1v) is 6.91. The van der Waals surface area contributed by atoms with Crippen molar-refractivity contribution in [3.63, 3.8) is 0 Å². The molecule has 2 rings (SSSR count). The number of halogens is 1. The number of para-hydroxylation sites is 1. The number of likely N-dealkylation sites (tertiary alicyclic amines) is 1. The first kappa shape index (κ1) is 13.3. The first-order valence-electron chi connectivity index (χ1n) is 6.50. The number of hydrogen-bond acceptors (Lipinski definition) is 1. The molecule has 0 bridgehead atoms. The Morgan fingerprint density at radius 1 is 1.33 bits per heavy atom. The second-order valence-corrected chi connectivity index (χ2v) is 5.19. The Labute approximate surface area is 113 Å². The second-order valence-electron chi connectivity index (χ2n) is 4.80. The maximum atomic E-state index is 13.6. The molecule has 1 fully saturated rings. The van der Waals surface area contributed by atoms with Crippen molar-refractivity contribution >= 4 is 23.0 Å². The number of benzene rings is 1. The van der Waals surface area contributed by atoms with E-state index >= 15 is 0 Å². The molecule has 0 saturated carbocycles. The van der Waals surface area contributed by atoms with Gasteiger partial charge in [0.25, 0.3) is 0 Å². The van der Waals surface area contributed by atoms with Crippen LogP contribution in [0.1, 0.15) is 32.6 Å². The number of nitrogens with one attached hydrogen (secondary N) is 1. The van der Waals surface area contributed by atoms with Crippen LogP contribution in [0.3, 0.4) is 0 Å². The minimum Gasteiger partial charge on any atom is -0.346 e. The number of rotatable bonds is 1. The van der Waals surface area contributed by atoms with E-state index in [1.165, 1.54) is 18.9 Å². The zero-order chi connectivity index (χ0) is 13.0. The highest BCUT2D eigenvalue weighted by Gasteiger charge is 2.19. The van der Waals surface area contributed by atoms with Gasteiger partial charge in [-0.3, -0.25) is 0 Å². The van der Waals surface area contributed by atoms with E-state index in [2.05, 4.69) is 17.1 Å². The van der Waals surface area contributed by atoms with Gasteiger partial charge in [0, 0.05) is 12.6 Å². The van der Waals surface area contributed by atoms with Crippen LogP contribution in [-0.4, -0.2) is 22.6 Å². The summed E-state index contributed by atoms with van der Waals surface area (Å²) in [6, 6.07) is 7.07. The van der Waals surface area contributed by atoms with Crippen molar-refractivity contribution in [2.45, 2.75) is 38.6 Å². The minimum absolute atomic E-state index is 0.262. The number of thiocarbonyl (C=S) groups is 1. The molecule has 0 aliphatic carbocycles. The fourth-order valence-corrected chi connectivity index (χ4v) is 2.71. The van der Waals surface area contributed by atoms with Crippen LogP contribution < -0.4 is 5.32 Å². The summed E-state index contributed by atoms with van der Waals surface area (Å²) in [4.78, 5) is 2.18. The van der Waals surface area contributed by atoms with Gasteiger partial charge in [-0.25, -0.2) is 4.39 Å². The van der Waals surface area contributed by atoms with E-state index in [1.54, 1.807) is 18.2 Å². The topological polar surface area (TPSA) is 15.3 Å². The zero-order valence-corrected chi connectivity index (χ0v) is 11.5. The molecular formula is C14H19FN2S. The van der Waals surface area contributed by atoms with Gasteiger partial charge in [0.2, 0.25) is 0 Å². The maximum Gasteiger partial charge on any atom is 0.173 e. The molecular weight excluding hydrogens is 247 g/mol. The molecule has 0 aromatic heterocycles. The van der Waals surface area contributed by atoms with E-state index in [9.17, 15) is 4.39 Å². The molecule has 1 heterocycles. The van der Waals surface area contributed by atoms with Gasteiger partial charge in [-0.05, 0) is 44.1 Å². The van der Waals surface area contributed by atoms with Crippen LogP contribution in [-0.2, 0) is 0 Å². The van der Waals surface area contributed by atoms with Gasteiger partial charge in [0.1, 0.15) is 5.82 Å². The Morgan fingerprint density at radius 2 is 2.11 bits per heavy atom. The maximum absolute atomic E-state index is 13.6. The van der Waals surface area contributed by atoms with Crippen LogP contribution in [0.4, 0.5) is 10.1 Å². The largest absolute Gasteiger partial charge is 0.346 e. The van der Waals surface area contributed by atoms with E-state index in [0.29, 0.717) is 16.8 Å². The Morgan fingerprint density at radius 3 is 2.89 bits per heavy atom. The number of hydrogen-bond donors (Lipinski definition) is 1. The molecule has 18 heavy (non-hydrogen) atoms. The van der Waals surface area contributed by atoms with Crippen molar-refractivity contribution in [1.29, 1.82) is 0 Å². The predicted octanol–water partition coefficient (Wildman–Crippen LogP) is 3.79. The third-order valence-corrected chi connectivity index (χ3v) is 3.77. The fraction of sp³-hybridized carbons (Fsp3) is 0.500. The smallest absolute Gasteiger partial charge is 0.173 e. The van der Waals surface area contributed by atoms with Gasteiger partial charge in [-0.1, -0.05) is 25.0 Å². The normalized spacial score (nSPS) is 20.3. The summed E-state index contributed by atoms with van der Waals surface area (Å²) in [5.41, 5.74) is 0.457. The summed E-state index contributed by atoms with van der Waals surface area (Å²) in [6.07, 6.45) is 4.81. The van der Waals surface area contributed by atoms with Gasteiger partial charge in [-0.15, -0.1) is 0 Å². The molecule has 2 nitrogen and oxygen atoms in total.